The van der Waals surface area contributed by atoms with Crippen molar-refractivity contribution in [2.24, 2.45) is 11.8 Å². The molecule has 0 bridgehead atoms. The maximum atomic E-state index is 14.2. The second-order valence-electron chi connectivity index (χ2n) is 10.6. The highest BCUT2D eigenvalue weighted by Crippen LogP contribution is 2.65. The summed E-state index contributed by atoms with van der Waals surface area (Å²) in [5, 5.41) is 9.10. The zero-order valence-electron chi connectivity index (χ0n) is 21.3. The van der Waals surface area contributed by atoms with E-state index in [0.717, 1.165) is 38.5 Å². The van der Waals surface area contributed by atoms with E-state index in [4.69, 9.17) is 9.84 Å². The summed E-state index contributed by atoms with van der Waals surface area (Å²) < 4.78 is 4.18. The maximum Gasteiger partial charge on any atom is 0.311 e. The Kier molecular flexibility index (Phi) is 8.01. The molecule has 1 spiro atoms. The molecule has 2 saturated heterocycles. The minimum absolute atomic E-state index is 0.00937. The lowest BCUT2D eigenvalue weighted by Gasteiger charge is -2.38. The Labute approximate surface area is 213 Å². The van der Waals surface area contributed by atoms with Crippen LogP contribution in [0.2, 0.25) is 0 Å². The largest absolute Gasteiger partial charge is 0.465 e. The highest BCUT2D eigenvalue weighted by molar-refractivity contribution is 8.02. The number of unbranched alkanes of at least 4 members (excludes halogenated alkanes) is 3. The second kappa shape index (κ2) is 10.7. The van der Waals surface area contributed by atoms with Crippen LogP contribution in [-0.4, -0.2) is 80.6 Å². The third-order valence-electron chi connectivity index (χ3n) is 8.10. The quantitative estimate of drug-likeness (QED) is 0.295. The summed E-state index contributed by atoms with van der Waals surface area (Å²) in [6.45, 7) is 7.70. The van der Waals surface area contributed by atoms with Gasteiger partial charge >= 0.3 is 5.97 Å². The Bertz CT molecular complexity index is 891. The van der Waals surface area contributed by atoms with Crippen molar-refractivity contribution in [3.8, 4) is 0 Å². The summed E-state index contributed by atoms with van der Waals surface area (Å²) in [6.07, 6.45) is 14.0. The van der Waals surface area contributed by atoms with Crippen LogP contribution in [0.4, 0.5) is 0 Å². The number of hydrogen-bond acceptors (Lipinski definition) is 6. The van der Waals surface area contributed by atoms with Gasteiger partial charge in [-0.2, -0.15) is 0 Å². The summed E-state index contributed by atoms with van der Waals surface area (Å²) in [5.41, 5.74) is 0. The van der Waals surface area contributed by atoms with E-state index in [0.29, 0.717) is 26.1 Å². The van der Waals surface area contributed by atoms with Gasteiger partial charge in [-0.3, -0.25) is 14.4 Å². The van der Waals surface area contributed by atoms with E-state index < -0.39 is 27.4 Å². The van der Waals surface area contributed by atoms with Crippen molar-refractivity contribution in [2.75, 3.05) is 26.3 Å². The summed E-state index contributed by atoms with van der Waals surface area (Å²) >= 11 is 1.61. The molecule has 0 aliphatic carbocycles. The van der Waals surface area contributed by atoms with Gasteiger partial charge in [0, 0.05) is 30.5 Å². The van der Waals surface area contributed by atoms with E-state index in [9.17, 15) is 14.4 Å². The van der Waals surface area contributed by atoms with Crippen LogP contribution in [-0.2, 0) is 19.1 Å². The average Bonchev–Trinajstić information content (AvgIpc) is 3.12. The summed E-state index contributed by atoms with van der Waals surface area (Å²) in [6, 6.07) is -0.555. The van der Waals surface area contributed by atoms with E-state index >= 15 is 0 Å². The number of ether oxygens (including phenoxy) is 1. The van der Waals surface area contributed by atoms with Crippen molar-refractivity contribution in [1.29, 1.82) is 0 Å². The van der Waals surface area contributed by atoms with Crippen molar-refractivity contribution in [1.82, 2.24) is 9.80 Å². The molecule has 194 valence electrons. The molecule has 0 aromatic heterocycles. The first-order valence-corrected chi connectivity index (χ1v) is 14.1. The Hall–Kier alpha value is -1.80. The van der Waals surface area contributed by atoms with Gasteiger partial charge in [-0.05, 0) is 39.5 Å². The molecular weight excluding hydrogens is 464 g/mol. The van der Waals surface area contributed by atoms with Crippen LogP contribution in [0.25, 0.3) is 0 Å². The summed E-state index contributed by atoms with van der Waals surface area (Å²) in [7, 11) is 0. The molecule has 0 aromatic carbocycles. The third-order valence-corrected chi connectivity index (χ3v) is 9.89. The number of carbonyl (C=O) groups excluding carboxylic acids is 3. The van der Waals surface area contributed by atoms with Crippen LogP contribution in [0.5, 0.6) is 0 Å². The topological polar surface area (TPSA) is 87.2 Å². The van der Waals surface area contributed by atoms with Crippen LogP contribution in [0.15, 0.2) is 24.3 Å². The van der Waals surface area contributed by atoms with Gasteiger partial charge < -0.3 is 19.6 Å². The summed E-state index contributed by atoms with van der Waals surface area (Å²) in [4.78, 5) is 45.3. The number of carbonyl (C=O) groups is 3. The number of cyclic esters (lactones) is 1. The van der Waals surface area contributed by atoms with Crippen molar-refractivity contribution < 1.29 is 24.2 Å². The van der Waals surface area contributed by atoms with Crippen LogP contribution in [0.3, 0.4) is 0 Å². The molecule has 8 heteroatoms. The number of aliphatic hydroxyl groups excluding tert-OH is 1. The van der Waals surface area contributed by atoms with E-state index in [2.05, 4.69) is 26.0 Å². The molecule has 1 N–H and O–H groups in total. The molecule has 2 amide bonds. The lowest BCUT2D eigenvalue weighted by molar-refractivity contribution is -0.154. The van der Waals surface area contributed by atoms with Crippen molar-refractivity contribution in [3.63, 3.8) is 0 Å². The average molecular weight is 505 g/mol. The molecule has 0 saturated carbocycles. The van der Waals surface area contributed by atoms with Gasteiger partial charge in [-0.15, -0.1) is 11.8 Å². The molecule has 7 nitrogen and oxygen atoms in total. The number of aliphatic hydroxyl groups is 1. The first kappa shape index (κ1) is 26.3. The highest BCUT2D eigenvalue weighted by Gasteiger charge is 2.73. The predicted octanol–water partition coefficient (Wildman–Crippen LogP) is 3.32. The molecule has 4 heterocycles. The third kappa shape index (κ3) is 4.57. The molecule has 4 aliphatic heterocycles. The maximum absolute atomic E-state index is 14.2. The number of amides is 2. The molecule has 4 rings (SSSR count). The number of likely N-dealkylation sites (tertiary alicyclic amines) is 1. The van der Waals surface area contributed by atoms with Gasteiger partial charge in [0.25, 0.3) is 0 Å². The van der Waals surface area contributed by atoms with Crippen molar-refractivity contribution >= 4 is 29.5 Å². The smallest absolute Gasteiger partial charge is 0.311 e. The lowest BCUT2D eigenvalue weighted by atomic mass is 9.74. The fraction of sp³-hybridized carbons (Fsp3) is 0.741. The SMILES string of the molecule is CCCC(C)N1CC=C[C@]23S[C@]4(C)C=CCCOC(=O)[C@@H]4[C@H]2C(=O)N(CCCCCCO)C3C1=O. The molecule has 0 radical (unpaired) electrons. The van der Waals surface area contributed by atoms with E-state index in [1.807, 2.05) is 24.0 Å². The van der Waals surface area contributed by atoms with E-state index in [1.54, 1.807) is 16.7 Å². The molecule has 2 fully saturated rings. The van der Waals surface area contributed by atoms with E-state index in [1.165, 1.54) is 0 Å². The molecule has 2 unspecified atom stereocenters. The molecular formula is C27H40N2O5S. The Balaban J connectivity index is 1.74. The number of esters is 1. The lowest BCUT2D eigenvalue weighted by Crippen LogP contribution is -2.55. The van der Waals surface area contributed by atoms with Crippen molar-refractivity contribution in [2.45, 2.75) is 87.3 Å². The minimum Gasteiger partial charge on any atom is -0.465 e. The zero-order valence-corrected chi connectivity index (χ0v) is 22.1. The number of thioether (sulfide) groups is 1. The van der Waals surface area contributed by atoms with Crippen LogP contribution >= 0.6 is 11.8 Å². The number of hydrogen-bond donors (Lipinski definition) is 1. The van der Waals surface area contributed by atoms with Gasteiger partial charge in [-0.1, -0.05) is 50.5 Å². The Morgan fingerprint density at radius 1 is 1.11 bits per heavy atom. The monoisotopic (exact) mass is 504 g/mol. The Morgan fingerprint density at radius 3 is 2.63 bits per heavy atom. The predicted molar refractivity (Wildman–Crippen MR) is 137 cm³/mol. The Morgan fingerprint density at radius 2 is 1.89 bits per heavy atom. The van der Waals surface area contributed by atoms with Gasteiger partial charge in [0.15, 0.2) is 0 Å². The van der Waals surface area contributed by atoms with Crippen LogP contribution in [0, 0.1) is 11.8 Å². The normalized spacial score (nSPS) is 35.2. The van der Waals surface area contributed by atoms with Gasteiger partial charge in [0.1, 0.15) is 6.04 Å². The standard InChI is InChI=1S/C27H40N2O5S/c1-4-12-19(2)28-16-11-14-27-20(21-25(33)34-18-10-7-13-26(21,3)35-27)23(31)29(22(27)24(28)32)15-8-5-6-9-17-30/h7,11,13-14,19-22,30H,4-6,8-10,12,15-18H2,1-3H3/t19?,20-,21-,22?,26+,27-/m0/s1. The zero-order chi connectivity index (χ0) is 25.2. The number of nitrogens with zero attached hydrogens (tertiary/aromatic N) is 2. The van der Waals surface area contributed by atoms with E-state index in [-0.39, 0.29) is 30.4 Å². The first-order chi connectivity index (χ1) is 16.8. The molecule has 6 atom stereocenters. The van der Waals surface area contributed by atoms with Gasteiger partial charge in [0.2, 0.25) is 11.8 Å². The second-order valence-corrected chi connectivity index (χ2v) is 12.3. The molecule has 0 aromatic rings. The van der Waals surface area contributed by atoms with Gasteiger partial charge in [-0.25, -0.2) is 0 Å². The highest BCUT2D eigenvalue weighted by atomic mass is 32.2. The van der Waals surface area contributed by atoms with Crippen molar-refractivity contribution in [3.05, 3.63) is 24.3 Å². The first-order valence-electron chi connectivity index (χ1n) is 13.2. The fourth-order valence-electron chi connectivity index (χ4n) is 6.46. The minimum atomic E-state index is -0.799. The van der Waals surface area contributed by atoms with Gasteiger partial charge in [0.05, 0.1) is 23.2 Å². The molecule has 35 heavy (non-hydrogen) atoms. The number of rotatable bonds is 9. The summed E-state index contributed by atoms with van der Waals surface area (Å²) in [5.74, 6) is -1.70. The number of fused-ring (bicyclic) bond motifs is 2. The fourth-order valence-corrected chi connectivity index (χ4v) is 8.62. The van der Waals surface area contributed by atoms with Crippen LogP contribution < -0.4 is 0 Å². The molecule has 4 aliphatic rings. The van der Waals surface area contributed by atoms with Crippen LogP contribution in [0.1, 0.15) is 65.7 Å².